The molecule has 0 aliphatic carbocycles. The number of aliphatic hydroxyl groups excluding tert-OH is 2. The Bertz CT molecular complexity index is 492. The third-order valence-corrected chi connectivity index (χ3v) is 2.42. The van der Waals surface area contributed by atoms with Crippen LogP contribution in [0.15, 0.2) is 12.4 Å². The van der Waals surface area contributed by atoms with E-state index in [1.807, 2.05) is 17.9 Å². The number of aryl methyl sites for hydroxylation is 1. The second kappa shape index (κ2) is 5.07. The largest absolute Gasteiger partial charge is 0.395 e. The normalized spacial score (nSPS) is 11.0. The molecule has 0 atom stereocenters. The minimum atomic E-state index is 0.0115. The highest BCUT2D eigenvalue weighted by molar-refractivity contribution is 5.47. The molecule has 7 nitrogen and oxygen atoms in total. The van der Waals surface area contributed by atoms with Gasteiger partial charge >= 0.3 is 0 Å². The van der Waals surface area contributed by atoms with Crippen molar-refractivity contribution in [2.45, 2.75) is 6.92 Å². The summed E-state index contributed by atoms with van der Waals surface area (Å²) in [5.74, 6) is 1.29. The summed E-state index contributed by atoms with van der Waals surface area (Å²) in [6.07, 6.45) is 1.43. The first kappa shape index (κ1) is 11.7. The molecule has 0 radical (unpaired) electrons. The zero-order valence-corrected chi connectivity index (χ0v) is 9.61. The van der Waals surface area contributed by atoms with Gasteiger partial charge < -0.3 is 15.1 Å². The van der Waals surface area contributed by atoms with Crippen LogP contribution in [-0.2, 0) is 0 Å². The molecule has 17 heavy (non-hydrogen) atoms. The second-order valence-electron chi connectivity index (χ2n) is 3.66. The molecule has 0 spiro atoms. The average Bonchev–Trinajstić information content (AvgIpc) is 2.75. The predicted octanol–water partition coefficient (Wildman–Crippen LogP) is -0.776. The lowest BCUT2D eigenvalue weighted by Crippen LogP contribution is -2.31. The van der Waals surface area contributed by atoms with Crippen molar-refractivity contribution in [3.8, 4) is 0 Å². The summed E-state index contributed by atoms with van der Waals surface area (Å²) in [5, 5.41) is 22.1. The number of rotatable bonds is 5. The Kier molecular flexibility index (Phi) is 3.50. The van der Waals surface area contributed by atoms with E-state index < -0.39 is 0 Å². The van der Waals surface area contributed by atoms with Crippen molar-refractivity contribution in [1.82, 2.24) is 19.6 Å². The fourth-order valence-electron chi connectivity index (χ4n) is 1.72. The van der Waals surface area contributed by atoms with Crippen LogP contribution in [0.2, 0.25) is 0 Å². The number of nitrogens with zero attached hydrogens (tertiary/aromatic N) is 5. The summed E-state index contributed by atoms with van der Waals surface area (Å²) in [6, 6.07) is 1.85. The molecule has 0 amide bonds. The lowest BCUT2D eigenvalue weighted by atomic mass is 10.4. The van der Waals surface area contributed by atoms with Gasteiger partial charge in [0.2, 0.25) is 0 Å². The third-order valence-electron chi connectivity index (χ3n) is 2.42. The molecule has 2 N–H and O–H groups in total. The van der Waals surface area contributed by atoms with E-state index >= 15 is 0 Å². The molecule has 0 unspecified atom stereocenters. The fraction of sp³-hybridized carbons (Fsp3) is 0.500. The first-order valence-electron chi connectivity index (χ1n) is 5.40. The monoisotopic (exact) mass is 237 g/mol. The maximum Gasteiger partial charge on any atom is 0.254 e. The molecule has 0 aromatic carbocycles. The van der Waals surface area contributed by atoms with Gasteiger partial charge in [-0.15, -0.1) is 0 Å². The van der Waals surface area contributed by atoms with Gasteiger partial charge in [0, 0.05) is 24.8 Å². The standard InChI is InChI=1S/C10H15N5O2/c1-8-6-9(14(2-4-16)3-5-17)15-10(13-8)11-7-12-15/h6-7,16-17H,2-5H2,1H3. The van der Waals surface area contributed by atoms with Gasteiger partial charge in [-0.25, -0.2) is 4.98 Å². The molecule has 2 aromatic heterocycles. The molecule has 0 aliphatic heterocycles. The third kappa shape index (κ3) is 2.34. The molecule has 92 valence electrons. The molecule has 2 aromatic rings. The van der Waals surface area contributed by atoms with Gasteiger partial charge in [-0.3, -0.25) is 0 Å². The van der Waals surface area contributed by atoms with E-state index in [-0.39, 0.29) is 13.2 Å². The summed E-state index contributed by atoms with van der Waals surface area (Å²) < 4.78 is 1.60. The van der Waals surface area contributed by atoms with E-state index in [1.54, 1.807) is 4.52 Å². The molecule has 2 heterocycles. The fourth-order valence-corrected chi connectivity index (χ4v) is 1.72. The number of anilines is 1. The van der Waals surface area contributed by atoms with E-state index in [0.717, 1.165) is 11.5 Å². The van der Waals surface area contributed by atoms with E-state index in [2.05, 4.69) is 15.1 Å². The molecule has 0 fully saturated rings. The van der Waals surface area contributed by atoms with Crippen LogP contribution < -0.4 is 4.90 Å². The Balaban J connectivity index is 2.46. The SMILES string of the molecule is Cc1cc(N(CCO)CCO)n2ncnc2n1. The quantitative estimate of drug-likeness (QED) is 0.709. The molecule has 0 saturated heterocycles. The van der Waals surface area contributed by atoms with Crippen LogP contribution in [0.25, 0.3) is 5.78 Å². The van der Waals surface area contributed by atoms with Gasteiger partial charge in [-0.2, -0.15) is 14.6 Å². The Morgan fingerprint density at radius 3 is 2.65 bits per heavy atom. The van der Waals surface area contributed by atoms with Crippen LogP contribution in [0.1, 0.15) is 5.69 Å². The Morgan fingerprint density at radius 1 is 1.29 bits per heavy atom. The molecule has 0 saturated carbocycles. The lowest BCUT2D eigenvalue weighted by molar-refractivity contribution is 0.280. The van der Waals surface area contributed by atoms with E-state index in [9.17, 15) is 0 Å². The van der Waals surface area contributed by atoms with Gasteiger partial charge in [0.05, 0.1) is 13.2 Å². The highest BCUT2D eigenvalue weighted by Gasteiger charge is 2.12. The second-order valence-corrected chi connectivity index (χ2v) is 3.66. The average molecular weight is 237 g/mol. The van der Waals surface area contributed by atoms with Crippen molar-refractivity contribution >= 4 is 11.6 Å². The van der Waals surface area contributed by atoms with Crippen LogP contribution in [0, 0.1) is 6.92 Å². The van der Waals surface area contributed by atoms with Gasteiger partial charge in [-0.1, -0.05) is 0 Å². The minimum Gasteiger partial charge on any atom is -0.395 e. The van der Waals surface area contributed by atoms with Crippen molar-refractivity contribution in [3.05, 3.63) is 18.1 Å². The first-order chi connectivity index (χ1) is 8.26. The van der Waals surface area contributed by atoms with E-state index in [1.165, 1.54) is 6.33 Å². The minimum absolute atomic E-state index is 0.0115. The van der Waals surface area contributed by atoms with Crippen molar-refractivity contribution < 1.29 is 10.2 Å². The number of fused-ring (bicyclic) bond motifs is 1. The van der Waals surface area contributed by atoms with Gasteiger partial charge in [0.25, 0.3) is 5.78 Å². The topological polar surface area (TPSA) is 86.8 Å². The van der Waals surface area contributed by atoms with Crippen LogP contribution in [-0.4, -0.2) is 56.1 Å². The van der Waals surface area contributed by atoms with Gasteiger partial charge in [0.15, 0.2) is 0 Å². The molecule has 0 bridgehead atoms. The Labute approximate surface area is 98.3 Å². The number of hydrogen-bond donors (Lipinski definition) is 2. The molecular weight excluding hydrogens is 222 g/mol. The highest BCUT2D eigenvalue weighted by atomic mass is 16.3. The first-order valence-corrected chi connectivity index (χ1v) is 5.40. The molecule has 7 heteroatoms. The summed E-state index contributed by atoms with van der Waals surface area (Å²) in [6.45, 7) is 2.75. The summed E-state index contributed by atoms with van der Waals surface area (Å²) in [5.41, 5.74) is 0.821. The summed E-state index contributed by atoms with van der Waals surface area (Å²) in [4.78, 5) is 10.1. The van der Waals surface area contributed by atoms with Gasteiger partial charge in [-0.05, 0) is 6.92 Å². The van der Waals surface area contributed by atoms with Crippen LogP contribution in [0.5, 0.6) is 0 Å². The van der Waals surface area contributed by atoms with E-state index in [0.29, 0.717) is 18.9 Å². The van der Waals surface area contributed by atoms with Crippen molar-refractivity contribution in [2.75, 3.05) is 31.2 Å². The van der Waals surface area contributed by atoms with E-state index in [4.69, 9.17) is 10.2 Å². The summed E-state index contributed by atoms with van der Waals surface area (Å²) >= 11 is 0. The smallest absolute Gasteiger partial charge is 0.254 e. The Hall–Kier alpha value is -1.73. The number of aliphatic hydroxyl groups is 2. The maximum atomic E-state index is 9.03. The predicted molar refractivity (Wildman–Crippen MR) is 61.9 cm³/mol. The zero-order chi connectivity index (χ0) is 12.3. The highest BCUT2D eigenvalue weighted by Crippen LogP contribution is 2.15. The lowest BCUT2D eigenvalue weighted by Gasteiger charge is -2.23. The maximum absolute atomic E-state index is 9.03. The number of aromatic nitrogens is 4. The van der Waals surface area contributed by atoms with Crippen LogP contribution in [0.3, 0.4) is 0 Å². The van der Waals surface area contributed by atoms with Crippen molar-refractivity contribution in [2.24, 2.45) is 0 Å². The van der Waals surface area contributed by atoms with Crippen molar-refractivity contribution in [3.63, 3.8) is 0 Å². The zero-order valence-electron chi connectivity index (χ0n) is 9.61. The number of hydrogen-bond acceptors (Lipinski definition) is 6. The molecule has 2 rings (SSSR count). The van der Waals surface area contributed by atoms with Gasteiger partial charge in [0.1, 0.15) is 12.1 Å². The van der Waals surface area contributed by atoms with Crippen molar-refractivity contribution in [1.29, 1.82) is 0 Å². The molecular formula is C10H15N5O2. The summed E-state index contributed by atoms with van der Waals surface area (Å²) in [7, 11) is 0. The van der Waals surface area contributed by atoms with Crippen LogP contribution in [0.4, 0.5) is 5.82 Å². The Morgan fingerprint density at radius 2 is 2.00 bits per heavy atom. The molecule has 0 aliphatic rings. The van der Waals surface area contributed by atoms with Crippen LogP contribution >= 0.6 is 0 Å².